The van der Waals surface area contributed by atoms with E-state index in [9.17, 15) is 9.59 Å². The molecular weight excluding hydrogens is 376 g/mol. The van der Waals surface area contributed by atoms with Gasteiger partial charge in [-0.15, -0.1) is 0 Å². The average Bonchev–Trinajstić information content (AvgIpc) is 3.06. The Hall–Kier alpha value is -3.31. The quantitative estimate of drug-likeness (QED) is 0.601. The number of anilines is 1. The Morgan fingerprint density at radius 2 is 1.79 bits per heavy atom. The van der Waals surface area contributed by atoms with Crippen molar-refractivity contribution in [1.82, 2.24) is 5.32 Å². The van der Waals surface area contributed by atoms with Gasteiger partial charge in [0.1, 0.15) is 17.2 Å². The highest BCUT2D eigenvalue weighted by Crippen LogP contribution is 2.15. The summed E-state index contributed by atoms with van der Waals surface area (Å²) in [4.78, 5) is 25.4. The summed E-state index contributed by atoms with van der Waals surface area (Å²) < 4.78 is 5.51. The van der Waals surface area contributed by atoms with E-state index in [2.05, 4.69) is 10.6 Å². The number of aryl methyl sites for hydroxylation is 2. The van der Waals surface area contributed by atoms with Crippen molar-refractivity contribution >= 4 is 35.2 Å². The van der Waals surface area contributed by atoms with E-state index in [0.29, 0.717) is 27.8 Å². The smallest absolute Gasteiger partial charge is 0.272 e. The lowest BCUT2D eigenvalue weighted by Gasteiger charge is -2.11. The Bertz CT molecular complexity index is 1050. The molecule has 0 aliphatic heterocycles. The van der Waals surface area contributed by atoms with Crippen LogP contribution in [-0.4, -0.2) is 11.8 Å². The third kappa shape index (κ3) is 5.11. The van der Waals surface area contributed by atoms with Crippen molar-refractivity contribution in [2.24, 2.45) is 0 Å². The van der Waals surface area contributed by atoms with Crippen molar-refractivity contribution < 1.29 is 14.0 Å². The van der Waals surface area contributed by atoms with Gasteiger partial charge in [-0.1, -0.05) is 29.8 Å². The van der Waals surface area contributed by atoms with Crippen molar-refractivity contribution in [1.29, 1.82) is 0 Å². The molecule has 2 N–H and O–H groups in total. The molecule has 142 valence electrons. The van der Waals surface area contributed by atoms with Crippen molar-refractivity contribution in [3.63, 3.8) is 0 Å². The van der Waals surface area contributed by atoms with Gasteiger partial charge >= 0.3 is 0 Å². The topological polar surface area (TPSA) is 71.3 Å². The van der Waals surface area contributed by atoms with Crippen LogP contribution in [0.4, 0.5) is 5.69 Å². The number of rotatable bonds is 5. The van der Waals surface area contributed by atoms with Gasteiger partial charge in [-0.05, 0) is 61.9 Å². The first kappa shape index (κ1) is 19.5. The molecule has 0 aliphatic rings. The van der Waals surface area contributed by atoms with E-state index < -0.39 is 11.8 Å². The molecule has 0 fully saturated rings. The molecule has 0 atom stereocenters. The maximum absolute atomic E-state index is 12.8. The van der Waals surface area contributed by atoms with Gasteiger partial charge in [0.15, 0.2) is 0 Å². The third-order valence-electron chi connectivity index (χ3n) is 3.90. The van der Waals surface area contributed by atoms with Gasteiger partial charge in [-0.3, -0.25) is 9.59 Å². The number of amides is 2. The zero-order chi connectivity index (χ0) is 20.1. The number of carbonyl (C=O) groups is 2. The molecule has 0 bridgehead atoms. The van der Waals surface area contributed by atoms with E-state index in [1.54, 1.807) is 43.3 Å². The van der Waals surface area contributed by atoms with Gasteiger partial charge in [0.05, 0.1) is 0 Å². The SMILES string of the molecule is Cc1cccc(NC(=O)/C(=C\c2ccc(C)o2)NC(=O)c2cccc(Cl)c2)c1. The zero-order valence-electron chi connectivity index (χ0n) is 15.5. The summed E-state index contributed by atoms with van der Waals surface area (Å²) in [7, 11) is 0. The Labute approximate surface area is 168 Å². The molecule has 3 aromatic rings. The molecule has 0 spiro atoms. The zero-order valence-corrected chi connectivity index (χ0v) is 16.2. The van der Waals surface area contributed by atoms with Crippen molar-refractivity contribution in [3.05, 3.63) is 94.0 Å². The van der Waals surface area contributed by atoms with Crippen LogP contribution in [0.15, 0.2) is 70.8 Å². The fraction of sp³-hybridized carbons (Fsp3) is 0.0909. The Morgan fingerprint density at radius 3 is 2.46 bits per heavy atom. The minimum Gasteiger partial charge on any atom is -0.462 e. The van der Waals surface area contributed by atoms with Crippen LogP contribution in [0.25, 0.3) is 6.08 Å². The van der Waals surface area contributed by atoms with Gasteiger partial charge in [-0.2, -0.15) is 0 Å². The second-order valence-corrected chi connectivity index (χ2v) is 6.73. The highest BCUT2D eigenvalue weighted by molar-refractivity contribution is 6.31. The van der Waals surface area contributed by atoms with Crippen LogP contribution in [0.1, 0.15) is 27.4 Å². The highest BCUT2D eigenvalue weighted by atomic mass is 35.5. The summed E-state index contributed by atoms with van der Waals surface area (Å²) in [5.41, 5.74) is 2.04. The molecule has 2 amide bonds. The second kappa shape index (κ2) is 8.59. The van der Waals surface area contributed by atoms with Crippen molar-refractivity contribution in [2.75, 3.05) is 5.32 Å². The number of hydrogen-bond donors (Lipinski definition) is 2. The van der Waals surface area contributed by atoms with Gasteiger partial charge in [0, 0.05) is 22.3 Å². The summed E-state index contributed by atoms with van der Waals surface area (Å²) in [5.74, 6) is 0.246. The number of benzene rings is 2. The molecule has 0 unspecified atom stereocenters. The van der Waals surface area contributed by atoms with Gasteiger partial charge in [0.2, 0.25) is 0 Å². The van der Waals surface area contributed by atoms with E-state index in [4.69, 9.17) is 16.0 Å². The van der Waals surface area contributed by atoms with Crippen LogP contribution in [0.5, 0.6) is 0 Å². The second-order valence-electron chi connectivity index (χ2n) is 6.29. The Kier molecular flexibility index (Phi) is 5.96. The van der Waals surface area contributed by atoms with E-state index in [1.807, 2.05) is 25.1 Å². The number of nitrogens with one attached hydrogen (secondary N) is 2. The summed E-state index contributed by atoms with van der Waals surface area (Å²) in [6, 6.07) is 17.4. The largest absolute Gasteiger partial charge is 0.462 e. The first-order valence-corrected chi connectivity index (χ1v) is 9.01. The van der Waals surface area contributed by atoms with E-state index in [0.717, 1.165) is 5.56 Å². The lowest BCUT2D eigenvalue weighted by atomic mass is 10.2. The summed E-state index contributed by atoms with van der Waals surface area (Å²) in [5, 5.41) is 5.87. The first-order chi connectivity index (χ1) is 13.4. The fourth-order valence-corrected chi connectivity index (χ4v) is 2.77. The number of halogens is 1. The minimum absolute atomic E-state index is 0.0563. The lowest BCUT2D eigenvalue weighted by molar-refractivity contribution is -0.113. The molecule has 0 radical (unpaired) electrons. The first-order valence-electron chi connectivity index (χ1n) is 8.64. The summed E-state index contributed by atoms with van der Waals surface area (Å²) in [6.07, 6.45) is 1.49. The maximum atomic E-state index is 12.8. The third-order valence-corrected chi connectivity index (χ3v) is 4.14. The molecule has 0 saturated carbocycles. The summed E-state index contributed by atoms with van der Waals surface area (Å²) in [6.45, 7) is 3.73. The lowest BCUT2D eigenvalue weighted by Crippen LogP contribution is -2.30. The predicted octanol–water partition coefficient (Wildman–Crippen LogP) is 4.96. The Morgan fingerprint density at radius 1 is 1.00 bits per heavy atom. The Balaban J connectivity index is 1.87. The molecular formula is C22H19ClN2O3. The van der Waals surface area contributed by atoms with Gasteiger partial charge in [0.25, 0.3) is 11.8 Å². The fourth-order valence-electron chi connectivity index (χ4n) is 2.58. The molecule has 28 heavy (non-hydrogen) atoms. The maximum Gasteiger partial charge on any atom is 0.272 e. The summed E-state index contributed by atoms with van der Waals surface area (Å²) >= 11 is 5.95. The average molecular weight is 395 g/mol. The van der Waals surface area contributed by atoms with E-state index >= 15 is 0 Å². The molecule has 6 heteroatoms. The number of hydrogen-bond acceptors (Lipinski definition) is 3. The van der Waals surface area contributed by atoms with Crippen molar-refractivity contribution in [2.45, 2.75) is 13.8 Å². The van der Waals surface area contributed by atoms with Gasteiger partial charge < -0.3 is 15.1 Å². The van der Waals surface area contributed by atoms with E-state index in [-0.39, 0.29) is 5.70 Å². The van der Waals surface area contributed by atoms with Crippen LogP contribution in [0.2, 0.25) is 5.02 Å². The van der Waals surface area contributed by atoms with E-state index in [1.165, 1.54) is 12.1 Å². The molecule has 0 saturated heterocycles. The normalized spacial score (nSPS) is 11.2. The van der Waals surface area contributed by atoms with Crippen LogP contribution < -0.4 is 10.6 Å². The van der Waals surface area contributed by atoms with Gasteiger partial charge in [-0.25, -0.2) is 0 Å². The number of carbonyl (C=O) groups excluding carboxylic acids is 2. The van der Waals surface area contributed by atoms with Crippen LogP contribution >= 0.6 is 11.6 Å². The molecule has 3 rings (SSSR count). The van der Waals surface area contributed by atoms with Crippen LogP contribution in [0.3, 0.4) is 0 Å². The molecule has 5 nitrogen and oxygen atoms in total. The molecule has 1 heterocycles. The van der Waals surface area contributed by atoms with Crippen LogP contribution in [0, 0.1) is 13.8 Å². The monoisotopic (exact) mass is 394 g/mol. The van der Waals surface area contributed by atoms with Crippen LogP contribution in [-0.2, 0) is 4.79 Å². The molecule has 0 aliphatic carbocycles. The highest BCUT2D eigenvalue weighted by Gasteiger charge is 2.16. The molecule has 2 aromatic carbocycles. The molecule has 1 aromatic heterocycles. The minimum atomic E-state index is -0.463. The standard InChI is InChI=1S/C22H19ClN2O3/c1-14-5-3-8-18(11-14)24-22(27)20(13-19-10-9-15(2)28-19)25-21(26)16-6-4-7-17(23)12-16/h3-13H,1-2H3,(H,24,27)(H,25,26)/b20-13+. The van der Waals surface area contributed by atoms with Crippen molar-refractivity contribution in [3.8, 4) is 0 Å². The predicted molar refractivity (Wildman–Crippen MR) is 110 cm³/mol. The number of furan rings is 1.